The van der Waals surface area contributed by atoms with E-state index in [9.17, 15) is 9.18 Å². The molecule has 0 aromatic heterocycles. The molecule has 0 spiro atoms. The Hall–Kier alpha value is -1.93. The van der Waals surface area contributed by atoms with Crippen LogP contribution in [-0.2, 0) is 11.3 Å². The monoisotopic (exact) mass is 249 g/mol. The van der Waals surface area contributed by atoms with Gasteiger partial charge in [0.1, 0.15) is 5.82 Å². The first-order chi connectivity index (χ1) is 8.45. The minimum atomic E-state index is -0.391. The Morgan fingerprint density at radius 1 is 1.56 bits per heavy atom. The SMILES string of the molecule is CC(NCc1cc(F)ccc1C#N)C(=O)N(C)C. The Morgan fingerprint density at radius 3 is 2.78 bits per heavy atom. The third-order valence-corrected chi connectivity index (χ3v) is 2.60. The van der Waals surface area contributed by atoms with E-state index in [1.54, 1.807) is 21.0 Å². The Morgan fingerprint density at radius 2 is 2.22 bits per heavy atom. The summed E-state index contributed by atoms with van der Waals surface area (Å²) in [7, 11) is 3.34. The van der Waals surface area contributed by atoms with Crippen LogP contribution in [-0.4, -0.2) is 30.9 Å². The summed E-state index contributed by atoms with van der Waals surface area (Å²) in [5, 5.41) is 11.9. The highest BCUT2D eigenvalue weighted by Crippen LogP contribution is 2.10. The molecule has 0 saturated carbocycles. The molecule has 1 aromatic rings. The number of hydrogen-bond donors (Lipinski definition) is 1. The van der Waals surface area contributed by atoms with Crippen molar-refractivity contribution in [1.29, 1.82) is 5.26 Å². The average molecular weight is 249 g/mol. The van der Waals surface area contributed by atoms with E-state index in [0.29, 0.717) is 11.1 Å². The molecular weight excluding hydrogens is 233 g/mol. The van der Waals surface area contributed by atoms with Crippen molar-refractivity contribution in [3.05, 3.63) is 35.1 Å². The van der Waals surface area contributed by atoms with Gasteiger partial charge in [0.25, 0.3) is 0 Å². The van der Waals surface area contributed by atoms with Crippen molar-refractivity contribution in [2.75, 3.05) is 14.1 Å². The Bertz CT molecular complexity index is 480. The number of carbonyl (C=O) groups is 1. The number of nitrogens with zero attached hydrogens (tertiary/aromatic N) is 2. The molecule has 0 radical (unpaired) electrons. The van der Waals surface area contributed by atoms with Crippen molar-refractivity contribution in [3.63, 3.8) is 0 Å². The van der Waals surface area contributed by atoms with Crippen LogP contribution in [0, 0.1) is 17.1 Å². The van der Waals surface area contributed by atoms with E-state index in [1.807, 2.05) is 6.07 Å². The molecular formula is C13H16FN3O. The number of benzene rings is 1. The first-order valence-electron chi connectivity index (χ1n) is 5.58. The van der Waals surface area contributed by atoms with Crippen molar-refractivity contribution in [2.45, 2.75) is 19.5 Å². The van der Waals surface area contributed by atoms with E-state index in [0.717, 1.165) is 0 Å². The summed E-state index contributed by atoms with van der Waals surface area (Å²) < 4.78 is 13.1. The van der Waals surface area contributed by atoms with Gasteiger partial charge in [0.2, 0.25) is 5.91 Å². The van der Waals surface area contributed by atoms with E-state index in [1.165, 1.54) is 23.1 Å². The molecule has 0 fully saturated rings. The summed E-state index contributed by atoms with van der Waals surface area (Å²) in [5.41, 5.74) is 0.962. The third kappa shape index (κ3) is 3.54. The summed E-state index contributed by atoms with van der Waals surface area (Å²) in [6.45, 7) is 2.01. The van der Waals surface area contributed by atoms with Crippen molar-refractivity contribution >= 4 is 5.91 Å². The average Bonchev–Trinajstić information content (AvgIpc) is 2.35. The van der Waals surface area contributed by atoms with Gasteiger partial charge >= 0.3 is 0 Å². The summed E-state index contributed by atoms with van der Waals surface area (Å²) in [6, 6.07) is 5.60. The highest BCUT2D eigenvalue weighted by Gasteiger charge is 2.14. The lowest BCUT2D eigenvalue weighted by Gasteiger charge is -2.18. The zero-order valence-electron chi connectivity index (χ0n) is 10.7. The van der Waals surface area contributed by atoms with E-state index in [4.69, 9.17) is 5.26 Å². The van der Waals surface area contributed by atoms with E-state index < -0.39 is 5.82 Å². The van der Waals surface area contributed by atoms with Gasteiger partial charge in [-0.2, -0.15) is 5.26 Å². The molecule has 0 heterocycles. The number of hydrogen-bond acceptors (Lipinski definition) is 3. The molecule has 1 unspecified atom stereocenters. The molecule has 1 rings (SSSR count). The number of nitriles is 1. The molecule has 0 aliphatic heterocycles. The quantitative estimate of drug-likeness (QED) is 0.874. The van der Waals surface area contributed by atoms with Gasteiger partial charge in [-0.05, 0) is 30.7 Å². The van der Waals surface area contributed by atoms with Crippen LogP contribution < -0.4 is 5.32 Å². The summed E-state index contributed by atoms with van der Waals surface area (Å²) >= 11 is 0. The maximum Gasteiger partial charge on any atom is 0.238 e. The Kier molecular flexibility index (Phi) is 4.81. The molecule has 0 aliphatic rings. The maximum atomic E-state index is 13.1. The van der Waals surface area contributed by atoms with Gasteiger partial charge in [0.15, 0.2) is 0 Å². The lowest BCUT2D eigenvalue weighted by atomic mass is 10.1. The Labute approximate surface area is 106 Å². The van der Waals surface area contributed by atoms with Crippen LogP contribution in [0.4, 0.5) is 4.39 Å². The van der Waals surface area contributed by atoms with Gasteiger partial charge in [0, 0.05) is 20.6 Å². The van der Waals surface area contributed by atoms with Crippen LogP contribution >= 0.6 is 0 Å². The van der Waals surface area contributed by atoms with E-state index in [2.05, 4.69) is 5.32 Å². The highest BCUT2D eigenvalue weighted by molar-refractivity contribution is 5.80. The van der Waals surface area contributed by atoms with Crippen LogP contribution in [0.1, 0.15) is 18.1 Å². The second-order valence-electron chi connectivity index (χ2n) is 4.25. The van der Waals surface area contributed by atoms with Crippen molar-refractivity contribution < 1.29 is 9.18 Å². The van der Waals surface area contributed by atoms with Gasteiger partial charge in [-0.25, -0.2) is 4.39 Å². The van der Waals surface area contributed by atoms with Crippen LogP contribution in [0.25, 0.3) is 0 Å². The first-order valence-corrected chi connectivity index (χ1v) is 5.58. The van der Waals surface area contributed by atoms with E-state index in [-0.39, 0.29) is 18.5 Å². The normalized spacial score (nSPS) is 11.7. The number of nitrogens with one attached hydrogen (secondary N) is 1. The second kappa shape index (κ2) is 6.12. The van der Waals surface area contributed by atoms with Crippen molar-refractivity contribution in [1.82, 2.24) is 10.2 Å². The zero-order chi connectivity index (χ0) is 13.7. The third-order valence-electron chi connectivity index (χ3n) is 2.60. The zero-order valence-corrected chi connectivity index (χ0v) is 10.7. The molecule has 4 nitrogen and oxygen atoms in total. The lowest BCUT2D eigenvalue weighted by molar-refractivity contribution is -0.130. The molecule has 1 amide bonds. The molecule has 1 atom stereocenters. The number of rotatable bonds is 4. The molecule has 1 aromatic carbocycles. The lowest BCUT2D eigenvalue weighted by Crippen LogP contribution is -2.41. The van der Waals surface area contributed by atoms with Gasteiger partial charge in [-0.3, -0.25) is 4.79 Å². The minimum absolute atomic E-state index is 0.0649. The molecule has 5 heteroatoms. The smallest absolute Gasteiger partial charge is 0.238 e. The fraction of sp³-hybridized carbons (Fsp3) is 0.385. The molecule has 1 N–H and O–H groups in total. The predicted octanol–water partition coefficient (Wildman–Crippen LogP) is 1.26. The summed E-state index contributed by atoms with van der Waals surface area (Å²) in [5.74, 6) is -0.456. The van der Waals surface area contributed by atoms with Gasteiger partial charge in [-0.1, -0.05) is 0 Å². The van der Waals surface area contributed by atoms with E-state index >= 15 is 0 Å². The molecule has 0 aliphatic carbocycles. The molecule has 0 saturated heterocycles. The highest BCUT2D eigenvalue weighted by atomic mass is 19.1. The van der Waals surface area contributed by atoms with Crippen molar-refractivity contribution in [3.8, 4) is 6.07 Å². The molecule has 96 valence electrons. The second-order valence-corrected chi connectivity index (χ2v) is 4.25. The minimum Gasteiger partial charge on any atom is -0.347 e. The topological polar surface area (TPSA) is 56.1 Å². The van der Waals surface area contributed by atoms with Gasteiger partial charge in [-0.15, -0.1) is 0 Å². The summed E-state index contributed by atoms with van der Waals surface area (Å²) in [6.07, 6.45) is 0. The number of amides is 1. The molecule has 18 heavy (non-hydrogen) atoms. The fourth-order valence-electron chi connectivity index (χ4n) is 1.56. The van der Waals surface area contributed by atoms with Gasteiger partial charge < -0.3 is 10.2 Å². The summed E-state index contributed by atoms with van der Waals surface area (Å²) in [4.78, 5) is 13.1. The standard InChI is InChI=1S/C13H16FN3O/c1-9(13(18)17(2)3)16-8-11-6-12(14)5-4-10(11)7-15/h4-6,9,16H,8H2,1-3H3. The Balaban J connectivity index is 2.72. The van der Waals surface area contributed by atoms with Crippen LogP contribution in [0.2, 0.25) is 0 Å². The van der Waals surface area contributed by atoms with Crippen LogP contribution in [0.15, 0.2) is 18.2 Å². The van der Waals surface area contributed by atoms with Gasteiger partial charge in [0.05, 0.1) is 17.7 Å². The van der Waals surface area contributed by atoms with Crippen LogP contribution in [0.5, 0.6) is 0 Å². The number of halogens is 1. The predicted molar refractivity (Wildman–Crippen MR) is 66.1 cm³/mol. The fourth-order valence-corrected chi connectivity index (χ4v) is 1.56. The van der Waals surface area contributed by atoms with Crippen molar-refractivity contribution in [2.24, 2.45) is 0 Å². The largest absolute Gasteiger partial charge is 0.347 e. The molecule has 0 bridgehead atoms. The number of carbonyl (C=O) groups excluding carboxylic acids is 1. The van der Waals surface area contributed by atoms with Crippen LogP contribution in [0.3, 0.4) is 0 Å². The maximum absolute atomic E-state index is 13.1. The first kappa shape index (κ1) is 14.1. The number of likely N-dealkylation sites (N-methyl/N-ethyl adjacent to an activating group) is 1.